The first kappa shape index (κ1) is 8.52. The lowest BCUT2D eigenvalue weighted by Gasteiger charge is -2.33. The maximum Gasteiger partial charge on any atom is 0.0552 e. The molecule has 68 valence electrons. The van der Waals surface area contributed by atoms with E-state index in [1.165, 1.54) is 11.1 Å². The Kier molecular flexibility index (Phi) is 2.19. The number of rotatable bonds is 2. The van der Waals surface area contributed by atoms with E-state index in [2.05, 4.69) is 18.7 Å². The minimum Gasteiger partial charge on any atom is -0.393 e. The molecule has 1 nitrogen and oxygen atoms in total. The van der Waals surface area contributed by atoms with E-state index in [-0.39, 0.29) is 6.10 Å². The quantitative estimate of drug-likeness (QED) is 0.730. The SMILES string of the molecule is C=C(c1ccccc1)C1CC(O)C1. The second-order valence-corrected chi connectivity index (χ2v) is 3.71. The molecule has 0 unspecified atom stereocenters. The molecular weight excluding hydrogens is 160 g/mol. The average Bonchev–Trinajstić information content (AvgIpc) is 2.13. The molecule has 1 N–H and O–H groups in total. The lowest BCUT2D eigenvalue weighted by Crippen LogP contribution is -2.28. The maximum atomic E-state index is 9.17. The molecule has 0 bridgehead atoms. The molecule has 0 atom stereocenters. The Hall–Kier alpha value is -1.08. The zero-order valence-corrected chi connectivity index (χ0v) is 7.61. The Morgan fingerprint density at radius 2 is 1.85 bits per heavy atom. The standard InChI is InChI=1S/C12H14O/c1-9(11-7-12(13)8-11)10-5-3-2-4-6-10/h2-6,11-13H,1,7-8H2. The van der Waals surface area contributed by atoms with Gasteiger partial charge >= 0.3 is 0 Å². The van der Waals surface area contributed by atoms with Gasteiger partial charge < -0.3 is 5.11 Å². The van der Waals surface area contributed by atoms with Crippen molar-refractivity contribution < 1.29 is 5.11 Å². The van der Waals surface area contributed by atoms with Gasteiger partial charge in [-0.3, -0.25) is 0 Å². The summed E-state index contributed by atoms with van der Waals surface area (Å²) in [5.74, 6) is 0.498. The van der Waals surface area contributed by atoms with Gasteiger partial charge in [0.2, 0.25) is 0 Å². The maximum absolute atomic E-state index is 9.17. The van der Waals surface area contributed by atoms with Gasteiger partial charge in [0.1, 0.15) is 0 Å². The Labute approximate surface area is 78.7 Å². The average molecular weight is 174 g/mol. The molecule has 13 heavy (non-hydrogen) atoms. The predicted octanol–water partition coefficient (Wildman–Crippen LogP) is 2.47. The van der Waals surface area contributed by atoms with Crippen molar-refractivity contribution in [3.05, 3.63) is 42.5 Å². The highest BCUT2D eigenvalue weighted by molar-refractivity contribution is 5.65. The number of hydrogen-bond acceptors (Lipinski definition) is 1. The minimum atomic E-state index is -0.0922. The summed E-state index contributed by atoms with van der Waals surface area (Å²) >= 11 is 0. The highest BCUT2D eigenvalue weighted by Gasteiger charge is 2.29. The normalized spacial score (nSPS) is 26.5. The summed E-state index contributed by atoms with van der Waals surface area (Å²) in [5, 5.41) is 9.17. The summed E-state index contributed by atoms with van der Waals surface area (Å²) < 4.78 is 0. The Morgan fingerprint density at radius 1 is 1.23 bits per heavy atom. The Morgan fingerprint density at radius 3 is 2.38 bits per heavy atom. The van der Waals surface area contributed by atoms with Crippen LogP contribution in [0.1, 0.15) is 18.4 Å². The minimum absolute atomic E-state index is 0.0922. The zero-order chi connectivity index (χ0) is 9.26. The lowest BCUT2D eigenvalue weighted by atomic mass is 9.76. The highest BCUT2D eigenvalue weighted by atomic mass is 16.3. The molecule has 0 aliphatic heterocycles. The van der Waals surface area contributed by atoms with Crippen molar-refractivity contribution in [2.45, 2.75) is 18.9 Å². The largest absolute Gasteiger partial charge is 0.393 e. The Balaban J connectivity index is 2.06. The van der Waals surface area contributed by atoms with Crippen LogP contribution < -0.4 is 0 Å². The number of aliphatic hydroxyl groups is 1. The van der Waals surface area contributed by atoms with E-state index in [0.29, 0.717) is 5.92 Å². The highest BCUT2D eigenvalue weighted by Crippen LogP contribution is 2.37. The van der Waals surface area contributed by atoms with Crippen LogP contribution in [-0.4, -0.2) is 11.2 Å². The van der Waals surface area contributed by atoms with Crippen molar-refractivity contribution in [1.29, 1.82) is 0 Å². The van der Waals surface area contributed by atoms with Crippen molar-refractivity contribution in [1.82, 2.24) is 0 Å². The predicted molar refractivity (Wildman–Crippen MR) is 54.2 cm³/mol. The fourth-order valence-corrected chi connectivity index (χ4v) is 1.76. The third-order valence-corrected chi connectivity index (χ3v) is 2.75. The van der Waals surface area contributed by atoms with E-state index < -0.39 is 0 Å². The van der Waals surface area contributed by atoms with Gasteiger partial charge in [0.15, 0.2) is 0 Å². The fourth-order valence-electron chi connectivity index (χ4n) is 1.76. The third-order valence-electron chi connectivity index (χ3n) is 2.75. The van der Waals surface area contributed by atoms with E-state index in [0.717, 1.165) is 12.8 Å². The van der Waals surface area contributed by atoms with E-state index in [9.17, 15) is 5.11 Å². The molecule has 0 heterocycles. The molecule has 2 rings (SSSR count). The molecular formula is C12H14O. The molecule has 1 aromatic carbocycles. The van der Waals surface area contributed by atoms with E-state index >= 15 is 0 Å². The summed E-state index contributed by atoms with van der Waals surface area (Å²) in [6.07, 6.45) is 1.67. The van der Waals surface area contributed by atoms with Gasteiger partial charge in [-0.1, -0.05) is 36.9 Å². The van der Waals surface area contributed by atoms with Gasteiger partial charge in [-0.2, -0.15) is 0 Å². The third kappa shape index (κ3) is 1.65. The number of allylic oxidation sites excluding steroid dienone is 1. The van der Waals surface area contributed by atoms with E-state index in [4.69, 9.17) is 0 Å². The van der Waals surface area contributed by atoms with Crippen molar-refractivity contribution >= 4 is 5.57 Å². The van der Waals surface area contributed by atoms with Crippen LogP contribution in [0.4, 0.5) is 0 Å². The molecule has 0 spiro atoms. The van der Waals surface area contributed by atoms with Crippen LogP contribution in [0.3, 0.4) is 0 Å². The van der Waals surface area contributed by atoms with E-state index in [1.54, 1.807) is 0 Å². The van der Waals surface area contributed by atoms with Gasteiger partial charge in [-0.05, 0) is 29.9 Å². The second-order valence-electron chi connectivity index (χ2n) is 3.71. The van der Waals surface area contributed by atoms with Gasteiger partial charge in [0.25, 0.3) is 0 Å². The summed E-state index contributed by atoms with van der Waals surface area (Å²) in [6, 6.07) is 10.2. The van der Waals surface area contributed by atoms with Gasteiger partial charge in [-0.15, -0.1) is 0 Å². The summed E-state index contributed by atoms with van der Waals surface area (Å²) in [4.78, 5) is 0. The molecule has 0 radical (unpaired) electrons. The zero-order valence-electron chi connectivity index (χ0n) is 7.61. The topological polar surface area (TPSA) is 20.2 Å². The molecule has 0 saturated heterocycles. The molecule has 1 aliphatic carbocycles. The summed E-state index contributed by atoms with van der Waals surface area (Å²) in [6.45, 7) is 4.07. The molecule has 0 amide bonds. The molecule has 0 aromatic heterocycles. The molecule has 1 saturated carbocycles. The summed E-state index contributed by atoms with van der Waals surface area (Å²) in [5.41, 5.74) is 2.38. The van der Waals surface area contributed by atoms with Crippen molar-refractivity contribution in [3.8, 4) is 0 Å². The van der Waals surface area contributed by atoms with Crippen LogP contribution in [0, 0.1) is 5.92 Å². The van der Waals surface area contributed by atoms with Crippen LogP contribution in [0.2, 0.25) is 0 Å². The smallest absolute Gasteiger partial charge is 0.0552 e. The lowest BCUT2D eigenvalue weighted by molar-refractivity contribution is 0.0668. The van der Waals surface area contributed by atoms with Crippen LogP contribution in [0.25, 0.3) is 5.57 Å². The molecule has 1 aliphatic rings. The van der Waals surface area contributed by atoms with Crippen LogP contribution >= 0.6 is 0 Å². The van der Waals surface area contributed by atoms with Crippen LogP contribution in [0.5, 0.6) is 0 Å². The number of hydrogen-bond donors (Lipinski definition) is 1. The van der Waals surface area contributed by atoms with Gasteiger partial charge in [-0.25, -0.2) is 0 Å². The Bertz CT molecular complexity index is 296. The fraction of sp³-hybridized carbons (Fsp3) is 0.333. The van der Waals surface area contributed by atoms with Crippen molar-refractivity contribution in [3.63, 3.8) is 0 Å². The first-order chi connectivity index (χ1) is 6.27. The second kappa shape index (κ2) is 3.35. The van der Waals surface area contributed by atoms with Gasteiger partial charge in [0.05, 0.1) is 6.10 Å². The molecule has 1 aromatic rings. The van der Waals surface area contributed by atoms with Crippen molar-refractivity contribution in [2.24, 2.45) is 5.92 Å². The van der Waals surface area contributed by atoms with Crippen LogP contribution in [-0.2, 0) is 0 Å². The number of benzene rings is 1. The van der Waals surface area contributed by atoms with Crippen molar-refractivity contribution in [2.75, 3.05) is 0 Å². The first-order valence-electron chi connectivity index (χ1n) is 4.69. The van der Waals surface area contributed by atoms with Gasteiger partial charge in [0, 0.05) is 0 Å². The molecule has 1 fully saturated rings. The molecule has 1 heteroatoms. The summed E-state index contributed by atoms with van der Waals surface area (Å²) in [7, 11) is 0. The monoisotopic (exact) mass is 174 g/mol. The van der Waals surface area contributed by atoms with Crippen LogP contribution in [0.15, 0.2) is 36.9 Å². The number of aliphatic hydroxyl groups excluding tert-OH is 1. The van der Waals surface area contributed by atoms with E-state index in [1.807, 2.05) is 18.2 Å². The first-order valence-corrected chi connectivity index (χ1v) is 4.69.